The van der Waals surface area contributed by atoms with E-state index in [-0.39, 0.29) is 18.0 Å². The quantitative estimate of drug-likeness (QED) is 0.288. The summed E-state index contributed by atoms with van der Waals surface area (Å²) in [4.78, 5) is 16.3. The number of nitrogens with zero attached hydrogens (tertiary/aromatic N) is 2. The Morgan fingerprint density at radius 3 is 2.68 bits per heavy atom. The lowest BCUT2D eigenvalue weighted by Gasteiger charge is -2.36. The molecule has 2 N–H and O–H groups in total. The van der Waals surface area contributed by atoms with E-state index in [0.29, 0.717) is 39.4 Å². The summed E-state index contributed by atoms with van der Waals surface area (Å²) >= 11 is 1.49. The van der Waals surface area contributed by atoms with Crippen LogP contribution in [0.15, 0.2) is 70.7 Å². The van der Waals surface area contributed by atoms with Gasteiger partial charge in [0.1, 0.15) is 22.9 Å². The molecule has 11 heteroatoms. The Labute approximate surface area is 219 Å². The zero-order valence-electron chi connectivity index (χ0n) is 20.2. The second-order valence-electron chi connectivity index (χ2n) is 8.75. The number of amides is 1. The number of hydrogen-bond donors (Lipinski definition) is 2. The second kappa shape index (κ2) is 9.90. The average molecular weight is 542 g/mol. The minimum Gasteiger partial charge on any atom is -0.508 e. The van der Waals surface area contributed by atoms with E-state index in [4.69, 9.17) is 4.52 Å². The Kier molecular flexibility index (Phi) is 6.62. The number of carbonyl (C=O) groups is 1. The maximum atomic E-state index is 13.5. The summed E-state index contributed by atoms with van der Waals surface area (Å²) in [5.74, 6) is -0.278. The molecule has 4 aromatic rings. The van der Waals surface area contributed by atoms with Gasteiger partial charge in [-0.3, -0.25) is 4.79 Å². The summed E-state index contributed by atoms with van der Waals surface area (Å²) in [6, 6.07) is 13.9. The lowest BCUT2D eigenvalue weighted by Crippen LogP contribution is -2.31. The normalized spacial score (nSPS) is 15.1. The molecule has 38 heavy (non-hydrogen) atoms. The monoisotopic (exact) mass is 541 g/mol. The largest absolute Gasteiger partial charge is 0.573 e. The molecule has 1 aliphatic heterocycles. The molecular formula is C27H22F3N3O4S. The third-order valence-electron chi connectivity index (χ3n) is 6.07. The smallest absolute Gasteiger partial charge is 0.508 e. The van der Waals surface area contributed by atoms with Gasteiger partial charge in [0.25, 0.3) is 5.91 Å². The minimum absolute atomic E-state index is 0.0261. The Hall–Kier alpha value is -4.25. The fourth-order valence-electron chi connectivity index (χ4n) is 4.49. The zero-order chi connectivity index (χ0) is 27.0. The highest BCUT2D eigenvalue weighted by molar-refractivity contribution is 7.10. The van der Waals surface area contributed by atoms with Gasteiger partial charge in [-0.1, -0.05) is 29.4 Å². The van der Waals surface area contributed by atoms with Crippen LogP contribution in [0.25, 0.3) is 5.57 Å². The number of phenols is 1. The van der Waals surface area contributed by atoms with Crippen LogP contribution in [0.1, 0.15) is 39.1 Å². The molecule has 3 heterocycles. The first-order valence-electron chi connectivity index (χ1n) is 11.5. The summed E-state index contributed by atoms with van der Waals surface area (Å²) in [6.45, 7) is 3.56. The second-order valence-corrected chi connectivity index (χ2v) is 9.73. The summed E-state index contributed by atoms with van der Waals surface area (Å²) in [5.41, 5.74) is 3.14. The summed E-state index contributed by atoms with van der Waals surface area (Å²) in [7, 11) is 0. The summed E-state index contributed by atoms with van der Waals surface area (Å²) < 4.78 is 47.7. The Bertz CT molecular complexity index is 1490. The fourth-order valence-corrected chi connectivity index (χ4v) is 5.35. The maximum absolute atomic E-state index is 13.5. The van der Waals surface area contributed by atoms with E-state index in [1.165, 1.54) is 35.6 Å². The van der Waals surface area contributed by atoms with E-state index >= 15 is 0 Å². The van der Waals surface area contributed by atoms with E-state index in [9.17, 15) is 23.1 Å². The number of ether oxygens (including phenoxy) is 1. The number of aromatic hydroxyl groups is 1. The lowest BCUT2D eigenvalue weighted by atomic mass is 9.89. The van der Waals surface area contributed by atoms with Crippen LogP contribution in [0.3, 0.4) is 0 Å². The molecule has 0 fully saturated rings. The molecule has 5 rings (SSSR count). The molecule has 0 radical (unpaired) electrons. The highest BCUT2D eigenvalue weighted by Crippen LogP contribution is 2.43. The van der Waals surface area contributed by atoms with Crippen LogP contribution in [0, 0.1) is 13.8 Å². The number of anilines is 1. The molecule has 0 aliphatic carbocycles. The molecule has 7 nitrogen and oxygen atoms in total. The molecule has 2 aromatic heterocycles. The third-order valence-corrected chi connectivity index (χ3v) is 7.00. The molecule has 0 saturated carbocycles. The summed E-state index contributed by atoms with van der Waals surface area (Å²) in [5, 5.41) is 19.0. The Balaban J connectivity index is 1.58. The number of phenolic OH excluding ortho intramolecular Hbond substituents is 1. The molecule has 0 saturated heterocycles. The van der Waals surface area contributed by atoms with Gasteiger partial charge >= 0.3 is 6.36 Å². The van der Waals surface area contributed by atoms with Gasteiger partial charge in [-0.25, -0.2) is 0 Å². The lowest BCUT2D eigenvalue weighted by molar-refractivity contribution is -0.274. The number of benzene rings is 2. The van der Waals surface area contributed by atoms with Gasteiger partial charge in [-0.05, 0) is 66.2 Å². The van der Waals surface area contributed by atoms with Crippen LogP contribution >= 0.6 is 11.3 Å². The van der Waals surface area contributed by atoms with Crippen molar-refractivity contribution in [2.24, 2.45) is 0 Å². The standard InChI is InChI=1S/C27H22F3N3O4S/c1-15-24(16(2)37-32-15)31-26(35)22-14-33(13-17-5-3-6-19(11-17)36-27(28,29)30)25(23-7-4-10-38-23)21-12-18(34)8-9-20(21)22/h3-12,14,25,34H,13H2,1-2H3,(H,31,35). The van der Waals surface area contributed by atoms with Gasteiger partial charge in [-0.2, -0.15) is 0 Å². The number of fused-ring (bicyclic) bond motifs is 1. The van der Waals surface area contributed by atoms with Crippen molar-refractivity contribution in [1.82, 2.24) is 10.1 Å². The van der Waals surface area contributed by atoms with Gasteiger partial charge in [0, 0.05) is 17.6 Å². The number of halogens is 3. The minimum atomic E-state index is -4.82. The SMILES string of the molecule is Cc1noc(C)c1NC(=O)C1=CN(Cc2cccc(OC(F)(F)F)c2)C(c2cccs2)c2cc(O)ccc21. The molecule has 1 atom stereocenters. The van der Waals surface area contributed by atoms with Crippen LogP contribution < -0.4 is 10.1 Å². The Morgan fingerprint density at radius 2 is 2.00 bits per heavy atom. The van der Waals surface area contributed by atoms with Crippen molar-refractivity contribution >= 4 is 28.5 Å². The predicted molar refractivity (Wildman–Crippen MR) is 136 cm³/mol. The maximum Gasteiger partial charge on any atom is 0.573 e. The van der Waals surface area contributed by atoms with Crippen LogP contribution in [0.4, 0.5) is 18.9 Å². The van der Waals surface area contributed by atoms with Crippen LogP contribution in [-0.2, 0) is 11.3 Å². The number of rotatable bonds is 6. The highest BCUT2D eigenvalue weighted by Gasteiger charge is 2.34. The summed E-state index contributed by atoms with van der Waals surface area (Å²) in [6.07, 6.45) is -3.13. The number of hydrogen-bond acceptors (Lipinski definition) is 7. The van der Waals surface area contributed by atoms with E-state index in [0.717, 1.165) is 4.88 Å². The highest BCUT2D eigenvalue weighted by atomic mass is 32.1. The van der Waals surface area contributed by atoms with Gasteiger partial charge < -0.3 is 24.6 Å². The van der Waals surface area contributed by atoms with Crippen molar-refractivity contribution in [3.8, 4) is 11.5 Å². The van der Waals surface area contributed by atoms with Crippen molar-refractivity contribution in [2.75, 3.05) is 5.32 Å². The van der Waals surface area contributed by atoms with Crippen molar-refractivity contribution in [1.29, 1.82) is 0 Å². The van der Waals surface area contributed by atoms with Gasteiger partial charge in [0.05, 0.1) is 11.6 Å². The number of alkyl halides is 3. The fraction of sp³-hybridized carbons (Fsp3) is 0.185. The van der Waals surface area contributed by atoms with Crippen molar-refractivity contribution in [3.05, 3.63) is 99.2 Å². The zero-order valence-corrected chi connectivity index (χ0v) is 21.1. The molecule has 1 amide bonds. The van der Waals surface area contributed by atoms with Gasteiger partial charge in [-0.15, -0.1) is 24.5 Å². The topological polar surface area (TPSA) is 87.8 Å². The third kappa shape index (κ3) is 5.23. The number of aromatic nitrogens is 1. The predicted octanol–water partition coefficient (Wildman–Crippen LogP) is 6.54. The van der Waals surface area contributed by atoms with E-state index in [1.54, 1.807) is 38.2 Å². The molecule has 1 unspecified atom stereocenters. The van der Waals surface area contributed by atoms with Crippen molar-refractivity contribution < 1.29 is 32.3 Å². The molecule has 196 valence electrons. The van der Waals surface area contributed by atoms with Crippen LogP contribution in [0.5, 0.6) is 11.5 Å². The van der Waals surface area contributed by atoms with E-state index in [2.05, 4.69) is 15.2 Å². The molecule has 2 aromatic carbocycles. The van der Waals surface area contributed by atoms with Crippen LogP contribution in [0.2, 0.25) is 0 Å². The Morgan fingerprint density at radius 1 is 1.18 bits per heavy atom. The van der Waals surface area contributed by atoms with Gasteiger partial charge in [0.2, 0.25) is 0 Å². The van der Waals surface area contributed by atoms with Crippen molar-refractivity contribution in [3.63, 3.8) is 0 Å². The molecule has 1 aliphatic rings. The van der Waals surface area contributed by atoms with E-state index < -0.39 is 18.3 Å². The molecule has 0 bridgehead atoms. The van der Waals surface area contributed by atoms with E-state index in [1.807, 2.05) is 22.4 Å². The van der Waals surface area contributed by atoms with Gasteiger partial charge in [0.15, 0.2) is 5.76 Å². The molecular weight excluding hydrogens is 519 g/mol. The molecule has 0 spiro atoms. The number of thiophene rings is 1. The average Bonchev–Trinajstić information content (AvgIpc) is 3.48. The number of carbonyl (C=O) groups excluding carboxylic acids is 1. The first-order valence-corrected chi connectivity index (χ1v) is 12.4. The van der Waals surface area contributed by atoms with Crippen LogP contribution in [-0.4, -0.2) is 27.4 Å². The number of nitrogens with one attached hydrogen (secondary N) is 1. The first-order chi connectivity index (χ1) is 18.1. The first kappa shape index (κ1) is 25.4. The van der Waals surface area contributed by atoms with Crippen molar-refractivity contribution in [2.45, 2.75) is 32.8 Å². The number of aryl methyl sites for hydroxylation is 2.